The molecule has 1 aromatic carbocycles. The molecule has 0 spiro atoms. The number of likely N-dealkylation sites (N-methyl/N-ethyl adjacent to an activating group) is 1. The van der Waals surface area contributed by atoms with Gasteiger partial charge in [-0.2, -0.15) is 0 Å². The fourth-order valence-corrected chi connectivity index (χ4v) is 2.33. The van der Waals surface area contributed by atoms with Crippen molar-refractivity contribution in [1.29, 1.82) is 0 Å². The third kappa shape index (κ3) is 4.84. The van der Waals surface area contributed by atoms with Crippen LogP contribution in [0.3, 0.4) is 0 Å². The molecule has 0 aromatic heterocycles. The van der Waals surface area contributed by atoms with Crippen LogP contribution in [0.15, 0.2) is 22.7 Å². The Morgan fingerprint density at radius 2 is 2.05 bits per heavy atom. The number of carbonyl (C=O) groups is 1. The molecule has 0 aliphatic heterocycles. The molecule has 5 heteroatoms. The van der Waals surface area contributed by atoms with E-state index in [2.05, 4.69) is 15.9 Å². The second-order valence-electron chi connectivity index (χ2n) is 4.16. The molecule has 1 amide bonds. The number of halogens is 1. The van der Waals surface area contributed by atoms with Gasteiger partial charge in [-0.1, -0.05) is 6.07 Å². The molecule has 4 nitrogen and oxygen atoms in total. The summed E-state index contributed by atoms with van der Waals surface area (Å²) in [5.74, 6) is 0.684. The Hall–Kier alpha value is -1.07. The lowest BCUT2D eigenvalue weighted by molar-refractivity contribution is -0.132. The number of nitrogens with zero attached hydrogens (tertiary/aromatic N) is 1. The largest absolute Gasteiger partial charge is 0.483 e. The molecule has 1 rings (SSSR count). The minimum Gasteiger partial charge on any atom is -0.483 e. The zero-order valence-electron chi connectivity index (χ0n) is 11.5. The summed E-state index contributed by atoms with van der Waals surface area (Å²) in [6.07, 6.45) is 0.831. The van der Waals surface area contributed by atoms with Gasteiger partial charge in [-0.05, 0) is 60.4 Å². The molecule has 0 fully saturated rings. The van der Waals surface area contributed by atoms with Gasteiger partial charge < -0.3 is 15.4 Å². The Balaban J connectivity index is 2.60. The number of carbonyl (C=O) groups excluding carboxylic acids is 1. The summed E-state index contributed by atoms with van der Waals surface area (Å²) in [7, 11) is 0. The van der Waals surface area contributed by atoms with E-state index in [0.29, 0.717) is 25.4 Å². The molecule has 0 bridgehead atoms. The highest BCUT2D eigenvalue weighted by atomic mass is 79.9. The van der Waals surface area contributed by atoms with E-state index in [1.54, 1.807) is 4.90 Å². The third-order valence-electron chi connectivity index (χ3n) is 2.90. The Kier molecular flexibility index (Phi) is 6.87. The Morgan fingerprint density at radius 1 is 1.37 bits per heavy atom. The van der Waals surface area contributed by atoms with E-state index < -0.39 is 0 Å². The molecular formula is C14H21BrN2O2. The fraction of sp³-hybridized carbons (Fsp3) is 0.500. The normalized spacial score (nSPS) is 10.3. The molecule has 0 heterocycles. The van der Waals surface area contributed by atoms with Gasteiger partial charge in [0.05, 0.1) is 4.47 Å². The molecule has 1 aromatic rings. The fourth-order valence-electron chi connectivity index (χ4n) is 1.79. The average molecular weight is 329 g/mol. The minimum absolute atomic E-state index is 0.00272. The average Bonchev–Trinajstić information content (AvgIpc) is 2.39. The van der Waals surface area contributed by atoms with Crippen LogP contribution in [-0.4, -0.2) is 37.0 Å². The van der Waals surface area contributed by atoms with E-state index >= 15 is 0 Å². The first-order valence-corrected chi connectivity index (χ1v) is 7.30. The molecule has 0 unspecified atom stereocenters. The zero-order chi connectivity index (χ0) is 14.3. The van der Waals surface area contributed by atoms with Crippen molar-refractivity contribution in [3.05, 3.63) is 28.2 Å². The second kappa shape index (κ2) is 8.17. The van der Waals surface area contributed by atoms with Gasteiger partial charge >= 0.3 is 0 Å². The van der Waals surface area contributed by atoms with Crippen LogP contribution in [0.2, 0.25) is 0 Å². The highest BCUT2D eigenvalue weighted by molar-refractivity contribution is 9.10. The van der Waals surface area contributed by atoms with E-state index in [1.807, 2.05) is 32.0 Å². The molecule has 0 aliphatic carbocycles. The minimum atomic E-state index is 0.00272. The first-order valence-electron chi connectivity index (χ1n) is 6.51. The number of benzene rings is 1. The lowest BCUT2D eigenvalue weighted by atomic mass is 10.1. The Morgan fingerprint density at radius 3 is 2.58 bits per heavy atom. The summed E-state index contributed by atoms with van der Waals surface area (Å²) in [6.45, 7) is 6.01. The molecule has 0 saturated carbocycles. The molecule has 0 aliphatic rings. The van der Waals surface area contributed by atoms with Crippen LogP contribution in [0.25, 0.3) is 0 Å². The van der Waals surface area contributed by atoms with Crippen molar-refractivity contribution in [3.8, 4) is 5.75 Å². The summed E-state index contributed by atoms with van der Waals surface area (Å²) in [5, 5.41) is 0. The second-order valence-corrected chi connectivity index (χ2v) is 5.01. The van der Waals surface area contributed by atoms with Gasteiger partial charge in [0, 0.05) is 13.1 Å². The number of rotatable bonds is 7. The van der Waals surface area contributed by atoms with Gasteiger partial charge in [-0.25, -0.2) is 0 Å². The highest BCUT2D eigenvalue weighted by Gasteiger charge is 2.11. The summed E-state index contributed by atoms with van der Waals surface area (Å²) in [6, 6.07) is 5.81. The van der Waals surface area contributed by atoms with Crippen molar-refractivity contribution in [2.75, 3.05) is 26.2 Å². The van der Waals surface area contributed by atoms with Crippen molar-refractivity contribution in [2.45, 2.75) is 20.3 Å². The Labute approximate surface area is 123 Å². The predicted octanol–water partition coefficient (Wildman–Crippen LogP) is 2.20. The van der Waals surface area contributed by atoms with E-state index in [0.717, 1.165) is 16.5 Å². The van der Waals surface area contributed by atoms with Crippen LogP contribution in [0.4, 0.5) is 0 Å². The van der Waals surface area contributed by atoms with Crippen LogP contribution in [0.1, 0.15) is 19.4 Å². The van der Waals surface area contributed by atoms with Gasteiger partial charge in [0.2, 0.25) is 0 Å². The molecule has 2 N–H and O–H groups in total. The maximum absolute atomic E-state index is 11.8. The topological polar surface area (TPSA) is 55.6 Å². The molecular weight excluding hydrogens is 308 g/mol. The maximum atomic E-state index is 11.8. The van der Waals surface area contributed by atoms with Crippen LogP contribution in [0, 0.1) is 0 Å². The highest BCUT2D eigenvalue weighted by Crippen LogP contribution is 2.26. The molecule has 106 valence electrons. The van der Waals surface area contributed by atoms with Crippen molar-refractivity contribution in [1.82, 2.24) is 4.90 Å². The first-order chi connectivity index (χ1) is 9.12. The monoisotopic (exact) mass is 328 g/mol. The number of nitrogens with two attached hydrogens (primary N) is 1. The first kappa shape index (κ1) is 16.0. The van der Waals surface area contributed by atoms with Gasteiger partial charge in [0.1, 0.15) is 5.75 Å². The quantitative estimate of drug-likeness (QED) is 0.834. The summed E-state index contributed by atoms with van der Waals surface area (Å²) in [4.78, 5) is 13.6. The van der Waals surface area contributed by atoms with Crippen LogP contribution in [0.5, 0.6) is 5.75 Å². The SMILES string of the molecule is CCN(CC)C(=O)COc1ccc(CCN)cc1Br. The Bertz CT molecular complexity index is 420. The standard InChI is InChI=1S/C14H21BrN2O2/c1-3-17(4-2)14(18)10-19-13-6-5-11(7-8-16)9-12(13)15/h5-6,9H,3-4,7-8,10,16H2,1-2H3. The van der Waals surface area contributed by atoms with Crippen molar-refractivity contribution < 1.29 is 9.53 Å². The van der Waals surface area contributed by atoms with Gasteiger partial charge in [-0.15, -0.1) is 0 Å². The number of amides is 1. The maximum Gasteiger partial charge on any atom is 0.260 e. The van der Waals surface area contributed by atoms with Gasteiger partial charge in [-0.3, -0.25) is 4.79 Å². The molecule has 0 atom stereocenters. The number of ether oxygens (including phenoxy) is 1. The number of hydrogen-bond donors (Lipinski definition) is 1. The van der Waals surface area contributed by atoms with Crippen molar-refractivity contribution >= 4 is 21.8 Å². The zero-order valence-corrected chi connectivity index (χ0v) is 13.1. The molecule has 0 radical (unpaired) electrons. The predicted molar refractivity (Wildman–Crippen MR) is 80.3 cm³/mol. The van der Waals surface area contributed by atoms with Gasteiger partial charge in [0.25, 0.3) is 5.91 Å². The van der Waals surface area contributed by atoms with E-state index in [1.165, 1.54) is 0 Å². The van der Waals surface area contributed by atoms with Crippen LogP contribution in [-0.2, 0) is 11.2 Å². The van der Waals surface area contributed by atoms with Crippen LogP contribution >= 0.6 is 15.9 Å². The summed E-state index contributed by atoms with van der Waals surface area (Å²) >= 11 is 3.45. The van der Waals surface area contributed by atoms with E-state index in [9.17, 15) is 4.79 Å². The smallest absolute Gasteiger partial charge is 0.260 e. The molecule has 19 heavy (non-hydrogen) atoms. The lowest BCUT2D eigenvalue weighted by Crippen LogP contribution is -2.34. The number of hydrogen-bond acceptors (Lipinski definition) is 3. The van der Waals surface area contributed by atoms with Crippen molar-refractivity contribution in [3.63, 3.8) is 0 Å². The van der Waals surface area contributed by atoms with E-state index in [-0.39, 0.29) is 12.5 Å². The third-order valence-corrected chi connectivity index (χ3v) is 3.52. The van der Waals surface area contributed by atoms with Gasteiger partial charge in [0.15, 0.2) is 6.61 Å². The van der Waals surface area contributed by atoms with E-state index in [4.69, 9.17) is 10.5 Å². The van der Waals surface area contributed by atoms with Crippen LogP contribution < -0.4 is 10.5 Å². The summed E-state index contributed by atoms with van der Waals surface area (Å²) in [5.41, 5.74) is 6.66. The summed E-state index contributed by atoms with van der Waals surface area (Å²) < 4.78 is 6.40. The lowest BCUT2D eigenvalue weighted by Gasteiger charge is -2.19. The van der Waals surface area contributed by atoms with Crippen molar-refractivity contribution in [2.24, 2.45) is 5.73 Å². The molecule has 0 saturated heterocycles.